The number of hydrogen-bond donors (Lipinski definition) is 1. The van der Waals surface area contributed by atoms with Gasteiger partial charge in [-0.25, -0.2) is 8.42 Å². The van der Waals surface area contributed by atoms with Crippen LogP contribution >= 0.6 is 15.9 Å². The van der Waals surface area contributed by atoms with E-state index < -0.39 is 28.5 Å². The molecule has 1 N–H and O–H groups in total. The van der Waals surface area contributed by atoms with Gasteiger partial charge in [0.2, 0.25) is 21.8 Å². The molecule has 0 radical (unpaired) electrons. The van der Waals surface area contributed by atoms with Crippen molar-refractivity contribution in [1.29, 1.82) is 0 Å². The highest BCUT2D eigenvalue weighted by Gasteiger charge is 2.30. The number of hydrogen-bond acceptors (Lipinski definition) is 4. The number of carbonyl (C=O) groups excluding carboxylic acids is 2. The van der Waals surface area contributed by atoms with E-state index in [1.807, 2.05) is 51.1 Å². The Morgan fingerprint density at radius 3 is 2.15 bits per heavy atom. The van der Waals surface area contributed by atoms with E-state index in [9.17, 15) is 18.0 Å². The number of amides is 2. The van der Waals surface area contributed by atoms with Crippen LogP contribution in [0.4, 0.5) is 5.69 Å². The molecule has 0 aliphatic carbocycles. The Balaban J connectivity index is 2.39. The number of anilines is 1. The number of halogens is 1. The second-order valence-corrected chi connectivity index (χ2v) is 11.1. The second-order valence-electron chi connectivity index (χ2n) is 8.23. The lowest BCUT2D eigenvalue weighted by Gasteiger charge is -2.31. The van der Waals surface area contributed by atoms with E-state index in [0.717, 1.165) is 38.1 Å². The van der Waals surface area contributed by atoms with Gasteiger partial charge < -0.3 is 10.2 Å². The van der Waals surface area contributed by atoms with E-state index >= 15 is 0 Å². The summed E-state index contributed by atoms with van der Waals surface area (Å²) in [4.78, 5) is 27.6. The van der Waals surface area contributed by atoms with E-state index in [2.05, 4.69) is 21.2 Å². The van der Waals surface area contributed by atoms with Crippen LogP contribution in [0.25, 0.3) is 0 Å². The van der Waals surface area contributed by atoms with E-state index in [0.29, 0.717) is 12.2 Å². The quantitative estimate of drug-likeness (QED) is 0.499. The molecular formula is C24H32BrN3O4S. The highest BCUT2D eigenvalue weighted by Crippen LogP contribution is 2.22. The second kappa shape index (κ2) is 11.7. The molecule has 0 fully saturated rings. The highest BCUT2D eigenvalue weighted by molar-refractivity contribution is 9.10. The molecule has 2 amide bonds. The zero-order valence-electron chi connectivity index (χ0n) is 19.8. The highest BCUT2D eigenvalue weighted by atomic mass is 79.9. The topological polar surface area (TPSA) is 86.8 Å². The van der Waals surface area contributed by atoms with Gasteiger partial charge in [0.15, 0.2) is 0 Å². The fourth-order valence-corrected chi connectivity index (χ4v) is 4.57. The van der Waals surface area contributed by atoms with E-state index in [-0.39, 0.29) is 12.5 Å². The first kappa shape index (κ1) is 26.9. The summed E-state index contributed by atoms with van der Waals surface area (Å²) < 4.78 is 27.2. The predicted molar refractivity (Wildman–Crippen MR) is 136 cm³/mol. The van der Waals surface area contributed by atoms with E-state index in [1.165, 1.54) is 4.90 Å². The number of sulfonamides is 1. The van der Waals surface area contributed by atoms with Crippen molar-refractivity contribution < 1.29 is 18.0 Å². The Hall–Kier alpha value is -2.39. The smallest absolute Gasteiger partial charge is 0.244 e. The molecular weight excluding hydrogens is 506 g/mol. The Kier molecular flexibility index (Phi) is 9.48. The van der Waals surface area contributed by atoms with Crippen LogP contribution in [-0.4, -0.2) is 50.5 Å². The molecule has 0 aliphatic rings. The number of carbonyl (C=O) groups is 2. The molecule has 9 heteroatoms. The van der Waals surface area contributed by atoms with Crippen molar-refractivity contribution in [3.8, 4) is 0 Å². The zero-order valence-corrected chi connectivity index (χ0v) is 22.2. The van der Waals surface area contributed by atoms with Crippen LogP contribution in [0.1, 0.15) is 37.0 Å². The summed E-state index contributed by atoms with van der Waals surface area (Å²) in [7, 11) is -3.74. The van der Waals surface area contributed by atoms with Crippen LogP contribution in [-0.2, 0) is 26.2 Å². The molecule has 2 aromatic rings. The first-order chi connectivity index (χ1) is 15.4. The number of nitrogens with one attached hydrogen (secondary N) is 1. The molecule has 0 saturated carbocycles. The molecule has 0 heterocycles. The zero-order chi connectivity index (χ0) is 24.8. The number of aryl methyl sites for hydroxylation is 2. The van der Waals surface area contributed by atoms with Gasteiger partial charge >= 0.3 is 0 Å². The van der Waals surface area contributed by atoms with Gasteiger partial charge in [-0.15, -0.1) is 0 Å². The van der Waals surface area contributed by atoms with Crippen molar-refractivity contribution in [3.63, 3.8) is 0 Å². The molecule has 33 heavy (non-hydrogen) atoms. The van der Waals surface area contributed by atoms with Crippen LogP contribution in [0.3, 0.4) is 0 Å². The summed E-state index contributed by atoms with van der Waals surface area (Å²) in [6.45, 7) is 7.63. The number of benzene rings is 2. The van der Waals surface area contributed by atoms with Crippen LogP contribution in [0.5, 0.6) is 0 Å². The van der Waals surface area contributed by atoms with Gasteiger partial charge in [-0.05, 0) is 68.1 Å². The van der Waals surface area contributed by atoms with Crippen molar-refractivity contribution >= 4 is 43.5 Å². The third-order valence-electron chi connectivity index (χ3n) is 5.16. The molecule has 0 unspecified atom stereocenters. The van der Waals surface area contributed by atoms with Gasteiger partial charge in [0, 0.05) is 17.6 Å². The van der Waals surface area contributed by atoms with E-state index in [4.69, 9.17) is 0 Å². The third-order valence-corrected chi connectivity index (χ3v) is 6.83. The Bertz CT molecular complexity index is 1070. The summed E-state index contributed by atoms with van der Waals surface area (Å²) in [5, 5.41) is 2.82. The first-order valence-electron chi connectivity index (χ1n) is 10.8. The average molecular weight is 539 g/mol. The normalized spacial score (nSPS) is 12.2. The molecule has 0 saturated heterocycles. The fourth-order valence-electron chi connectivity index (χ4n) is 3.47. The Morgan fingerprint density at radius 2 is 1.64 bits per heavy atom. The van der Waals surface area contributed by atoms with Gasteiger partial charge in [-0.1, -0.05) is 41.1 Å². The van der Waals surface area contributed by atoms with Crippen molar-refractivity contribution in [3.05, 3.63) is 63.6 Å². The van der Waals surface area contributed by atoms with Crippen molar-refractivity contribution in [2.75, 3.05) is 23.7 Å². The molecule has 1 atom stereocenters. The van der Waals surface area contributed by atoms with Crippen LogP contribution in [0.15, 0.2) is 46.9 Å². The lowest BCUT2D eigenvalue weighted by atomic mass is 10.1. The van der Waals surface area contributed by atoms with Crippen LogP contribution < -0.4 is 9.62 Å². The van der Waals surface area contributed by atoms with Gasteiger partial charge in [-0.2, -0.15) is 0 Å². The summed E-state index contributed by atoms with van der Waals surface area (Å²) in [5.74, 6) is -0.735. The summed E-state index contributed by atoms with van der Waals surface area (Å²) >= 11 is 3.40. The maximum Gasteiger partial charge on any atom is 0.244 e. The van der Waals surface area contributed by atoms with Crippen LogP contribution in [0.2, 0.25) is 0 Å². The first-order valence-corrected chi connectivity index (χ1v) is 13.4. The molecule has 0 aromatic heterocycles. The summed E-state index contributed by atoms with van der Waals surface area (Å²) in [5.41, 5.74) is 3.05. The molecule has 180 valence electrons. The largest absolute Gasteiger partial charge is 0.354 e. The lowest BCUT2D eigenvalue weighted by Crippen LogP contribution is -2.51. The standard InChI is InChI=1S/C24H32BrN3O4S/c1-6-11-26-24(30)19(4)27(15-20-7-9-21(25)10-8-20)23(29)16-28(33(5,31)32)22-13-17(2)12-18(3)14-22/h7-10,12-14,19H,6,11,15-16H2,1-5H3,(H,26,30)/t19-/m1/s1. The fraction of sp³-hybridized carbons (Fsp3) is 0.417. The van der Waals surface area contributed by atoms with Crippen molar-refractivity contribution in [2.24, 2.45) is 0 Å². The minimum Gasteiger partial charge on any atom is -0.354 e. The SMILES string of the molecule is CCCNC(=O)[C@@H](C)N(Cc1ccc(Br)cc1)C(=O)CN(c1cc(C)cc(C)c1)S(C)(=O)=O. The molecule has 0 bridgehead atoms. The minimum atomic E-state index is -3.74. The molecule has 0 aliphatic heterocycles. The Labute approximate surface area is 205 Å². The molecule has 2 rings (SSSR count). The van der Waals surface area contributed by atoms with Crippen molar-refractivity contribution in [1.82, 2.24) is 10.2 Å². The molecule has 0 spiro atoms. The number of nitrogens with zero attached hydrogens (tertiary/aromatic N) is 2. The average Bonchev–Trinajstić information content (AvgIpc) is 2.73. The lowest BCUT2D eigenvalue weighted by molar-refractivity contribution is -0.139. The summed E-state index contributed by atoms with van der Waals surface area (Å²) in [6.07, 6.45) is 1.85. The van der Waals surface area contributed by atoms with Gasteiger partial charge in [-0.3, -0.25) is 13.9 Å². The maximum absolute atomic E-state index is 13.5. The van der Waals surface area contributed by atoms with E-state index in [1.54, 1.807) is 19.1 Å². The molecule has 7 nitrogen and oxygen atoms in total. The minimum absolute atomic E-state index is 0.178. The monoisotopic (exact) mass is 537 g/mol. The van der Waals surface area contributed by atoms with Crippen molar-refractivity contribution in [2.45, 2.75) is 46.7 Å². The van der Waals surface area contributed by atoms with Gasteiger partial charge in [0.05, 0.1) is 11.9 Å². The summed E-state index contributed by atoms with van der Waals surface area (Å²) in [6, 6.07) is 12.1. The predicted octanol–water partition coefficient (Wildman–Crippen LogP) is 3.78. The Morgan fingerprint density at radius 1 is 1.06 bits per heavy atom. The van der Waals surface area contributed by atoms with Gasteiger partial charge in [0.25, 0.3) is 0 Å². The van der Waals surface area contributed by atoms with Gasteiger partial charge in [0.1, 0.15) is 12.6 Å². The van der Waals surface area contributed by atoms with Crippen LogP contribution in [0, 0.1) is 13.8 Å². The molecule has 2 aromatic carbocycles. The third kappa shape index (κ3) is 7.85. The number of rotatable bonds is 10. The maximum atomic E-state index is 13.5.